The van der Waals surface area contributed by atoms with Crippen molar-refractivity contribution in [3.8, 4) is 5.75 Å². The van der Waals surface area contributed by atoms with Gasteiger partial charge in [-0.2, -0.15) is 5.10 Å². The number of ether oxygens (including phenoxy) is 1. The Balaban J connectivity index is 2.03. The van der Waals surface area contributed by atoms with Crippen LogP contribution in [0.15, 0.2) is 24.3 Å². The lowest BCUT2D eigenvalue weighted by Crippen LogP contribution is -2.12. The molecule has 6 heteroatoms. The molecule has 0 saturated heterocycles. The molecule has 0 aliphatic heterocycles. The Labute approximate surface area is 121 Å². The van der Waals surface area contributed by atoms with Crippen LogP contribution in [0.3, 0.4) is 0 Å². The number of carboxylic acids is 1. The summed E-state index contributed by atoms with van der Waals surface area (Å²) in [4.78, 5) is 11.0. The minimum absolute atomic E-state index is 0.152. The highest BCUT2D eigenvalue weighted by Gasteiger charge is 2.11. The fourth-order valence-corrected chi connectivity index (χ4v) is 2.04. The van der Waals surface area contributed by atoms with Gasteiger partial charge >= 0.3 is 5.97 Å². The van der Waals surface area contributed by atoms with E-state index in [9.17, 15) is 4.79 Å². The van der Waals surface area contributed by atoms with Gasteiger partial charge in [0.1, 0.15) is 17.9 Å². The molecule has 1 aromatic carbocycles. The highest BCUT2D eigenvalue weighted by molar-refractivity contribution is 6.31. The van der Waals surface area contributed by atoms with E-state index in [0.29, 0.717) is 23.9 Å². The molecule has 0 radical (unpaired) electrons. The number of hydrogen-bond donors (Lipinski definition) is 1. The number of para-hydroxylation sites is 1. The highest BCUT2D eigenvalue weighted by Crippen LogP contribution is 2.20. The topological polar surface area (TPSA) is 64.4 Å². The zero-order chi connectivity index (χ0) is 14.7. The fourth-order valence-electron chi connectivity index (χ4n) is 1.90. The second-order valence-electron chi connectivity index (χ2n) is 4.36. The van der Waals surface area contributed by atoms with Crippen molar-refractivity contribution in [2.24, 2.45) is 0 Å². The van der Waals surface area contributed by atoms with Crippen LogP contribution in [0.2, 0.25) is 5.02 Å². The Hall–Kier alpha value is -2.01. The van der Waals surface area contributed by atoms with Gasteiger partial charge in [0.15, 0.2) is 0 Å². The van der Waals surface area contributed by atoms with Gasteiger partial charge in [-0.05, 0) is 26.0 Å². The predicted octanol–water partition coefficient (Wildman–Crippen LogP) is 2.93. The van der Waals surface area contributed by atoms with Crippen LogP contribution >= 0.6 is 11.6 Å². The van der Waals surface area contributed by atoms with Crippen LogP contribution in [-0.4, -0.2) is 27.5 Å². The molecular weight excluding hydrogens is 280 g/mol. The molecule has 20 heavy (non-hydrogen) atoms. The largest absolute Gasteiger partial charge is 0.491 e. The van der Waals surface area contributed by atoms with Gasteiger partial charge in [-0.15, -0.1) is 0 Å². The Morgan fingerprint density at radius 1 is 1.40 bits per heavy atom. The molecule has 0 aliphatic rings. The molecule has 0 aliphatic carbocycles. The van der Waals surface area contributed by atoms with Gasteiger partial charge < -0.3 is 9.84 Å². The molecule has 5 nitrogen and oxygen atoms in total. The van der Waals surface area contributed by atoms with Crippen molar-refractivity contribution in [1.82, 2.24) is 9.78 Å². The Bertz CT molecular complexity index is 637. The number of aryl methyl sites for hydroxylation is 1. The monoisotopic (exact) mass is 294 g/mol. The van der Waals surface area contributed by atoms with E-state index in [4.69, 9.17) is 21.4 Å². The number of hydrogen-bond acceptors (Lipinski definition) is 3. The van der Waals surface area contributed by atoms with Gasteiger partial charge in [-0.3, -0.25) is 4.68 Å². The maximum Gasteiger partial charge on any atom is 0.339 e. The number of aromatic nitrogens is 2. The van der Waals surface area contributed by atoms with Crippen molar-refractivity contribution in [2.45, 2.75) is 20.4 Å². The quantitative estimate of drug-likeness (QED) is 0.921. The van der Waals surface area contributed by atoms with Crippen LogP contribution in [0.4, 0.5) is 0 Å². The number of carbonyl (C=O) groups is 1. The van der Waals surface area contributed by atoms with Gasteiger partial charge in [0.25, 0.3) is 0 Å². The molecule has 0 spiro atoms. The maximum absolute atomic E-state index is 11.0. The second-order valence-corrected chi connectivity index (χ2v) is 4.74. The second kappa shape index (κ2) is 5.96. The van der Waals surface area contributed by atoms with Crippen molar-refractivity contribution in [1.29, 1.82) is 0 Å². The van der Waals surface area contributed by atoms with Crippen LogP contribution < -0.4 is 4.74 Å². The summed E-state index contributed by atoms with van der Waals surface area (Å²) in [6.07, 6.45) is 0. The normalized spacial score (nSPS) is 10.6. The maximum atomic E-state index is 11.0. The van der Waals surface area contributed by atoms with Crippen LogP contribution in [0.1, 0.15) is 21.7 Å². The molecular formula is C14H15ClN2O3. The van der Waals surface area contributed by atoms with Crippen molar-refractivity contribution in [3.05, 3.63) is 46.2 Å². The number of aromatic carboxylic acids is 1. The lowest BCUT2D eigenvalue weighted by Gasteiger charge is -2.09. The number of halogens is 1. The van der Waals surface area contributed by atoms with Crippen LogP contribution in [0, 0.1) is 13.8 Å². The van der Waals surface area contributed by atoms with Gasteiger partial charge in [-0.25, -0.2) is 4.79 Å². The molecule has 0 saturated carbocycles. The first-order valence-corrected chi connectivity index (χ1v) is 6.53. The van der Waals surface area contributed by atoms with E-state index in [-0.39, 0.29) is 5.56 Å². The first kappa shape index (κ1) is 14.4. The molecule has 0 bridgehead atoms. The molecule has 0 fully saturated rings. The molecule has 0 amide bonds. The summed E-state index contributed by atoms with van der Waals surface area (Å²) < 4.78 is 7.27. The highest BCUT2D eigenvalue weighted by atomic mass is 35.5. The average Bonchev–Trinajstić information content (AvgIpc) is 2.67. The van der Waals surface area contributed by atoms with Crippen LogP contribution in [0.5, 0.6) is 5.75 Å². The van der Waals surface area contributed by atoms with Gasteiger partial charge in [-0.1, -0.05) is 23.7 Å². The Morgan fingerprint density at radius 2 is 2.10 bits per heavy atom. The van der Waals surface area contributed by atoms with Crippen molar-refractivity contribution in [3.63, 3.8) is 0 Å². The number of rotatable bonds is 5. The first-order chi connectivity index (χ1) is 9.50. The summed E-state index contributed by atoms with van der Waals surface area (Å²) >= 11 is 6.06. The predicted molar refractivity (Wildman–Crippen MR) is 75.6 cm³/mol. The summed E-state index contributed by atoms with van der Waals surface area (Å²) in [6.45, 7) is 4.55. The van der Waals surface area contributed by atoms with Gasteiger partial charge in [0.05, 0.1) is 23.0 Å². The van der Waals surface area contributed by atoms with E-state index in [1.165, 1.54) is 6.07 Å². The first-order valence-electron chi connectivity index (χ1n) is 6.15. The summed E-state index contributed by atoms with van der Waals surface area (Å²) in [7, 11) is 0. The fraction of sp³-hybridized carbons (Fsp3) is 0.286. The summed E-state index contributed by atoms with van der Waals surface area (Å²) in [5.41, 5.74) is 1.80. The third-order valence-electron chi connectivity index (χ3n) is 2.97. The van der Waals surface area contributed by atoms with Crippen LogP contribution in [-0.2, 0) is 6.54 Å². The number of nitrogens with zero attached hydrogens (tertiary/aromatic N) is 2. The third kappa shape index (κ3) is 2.93. The number of benzene rings is 1. The number of carboxylic acid groups (broad SMARTS) is 1. The minimum Gasteiger partial charge on any atom is -0.491 e. The molecule has 1 N–H and O–H groups in total. The smallest absolute Gasteiger partial charge is 0.339 e. The molecule has 0 unspecified atom stereocenters. The molecule has 106 valence electrons. The summed E-state index contributed by atoms with van der Waals surface area (Å²) in [5.74, 6) is -0.651. The van der Waals surface area contributed by atoms with Crippen molar-refractivity contribution < 1.29 is 14.6 Å². The van der Waals surface area contributed by atoms with Crippen molar-refractivity contribution in [2.75, 3.05) is 6.61 Å². The molecule has 1 aromatic heterocycles. The van der Waals surface area contributed by atoms with Gasteiger partial charge in [0, 0.05) is 0 Å². The van der Waals surface area contributed by atoms with Crippen LogP contribution in [0.25, 0.3) is 0 Å². The molecule has 2 aromatic rings. The van der Waals surface area contributed by atoms with E-state index in [1.807, 2.05) is 13.8 Å². The lowest BCUT2D eigenvalue weighted by atomic mass is 10.2. The Morgan fingerprint density at radius 3 is 2.70 bits per heavy atom. The van der Waals surface area contributed by atoms with Gasteiger partial charge in [0.2, 0.25) is 0 Å². The summed E-state index contributed by atoms with van der Waals surface area (Å²) in [6, 6.07) is 6.55. The SMILES string of the molecule is Cc1nn(CCOc2ccccc2C(=O)O)c(C)c1Cl. The zero-order valence-electron chi connectivity index (χ0n) is 11.3. The van der Waals surface area contributed by atoms with E-state index in [1.54, 1.807) is 22.9 Å². The molecule has 0 atom stereocenters. The molecule has 2 rings (SSSR count). The van der Waals surface area contributed by atoms with E-state index in [2.05, 4.69) is 5.10 Å². The zero-order valence-corrected chi connectivity index (χ0v) is 12.0. The van der Waals surface area contributed by atoms with E-state index in [0.717, 1.165) is 11.4 Å². The van der Waals surface area contributed by atoms with Crippen molar-refractivity contribution >= 4 is 17.6 Å². The lowest BCUT2D eigenvalue weighted by molar-refractivity contribution is 0.0692. The average molecular weight is 295 g/mol. The standard InChI is InChI=1S/C14H15ClN2O3/c1-9-13(15)10(2)17(16-9)7-8-20-12-6-4-3-5-11(12)14(18)19/h3-6H,7-8H2,1-2H3,(H,18,19). The molecule has 1 heterocycles. The minimum atomic E-state index is -1.00. The summed E-state index contributed by atoms with van der Waals surface area (Å²) in [5, 5.41) is 14.0. The van der Waals surface area contributed by atoms with E-state index >= 15 is 0 Å². The third-order valence-corrected chi connectivity index (χ3v) is 3.52. The van der Waals surface area contributed by atoms with E-state index < -0.39 is 5.97 Å². The Kier molecular flexibility index (Phi) is 4.29.